The van der Waals surface area contributed by atoms with Gasteiger partial charge in [0.25, 0.3) is 0 Å². The highest BCUT2D eigenvalue weighted by molar-refractivity contribution is 5.82. The fraction of sp³-hybridized carbons (Fsp3) is 0.833. The van der Waals surface area contributed by atoms with Gasteiger partial charge in [-0.2, -0.15) is 0 Å². The van der Waals surface area contributed by atoms with Gasteiger partial charge in [0.05, 0.1) is 6.61 Å². The predicted molar refractivity (Wildman–Crippen MR) is 66.3 cm³/mol. The number of carbonyl (C=O) groups is 2. The zero-order valence-corrected chi connectivity index (χ0v) is 10.9. The van der Waals surface area contributed by atoms with Crippen LogP contribution in [0.4, 0.5) is 4.79 Å². The molecule has 0 heterocycles. The number of amides is 2. The van der Waals surface area contributed by atoms with Crippen LogP contribution in [0.25, 0.3) is 0 Å². The molecule has 2 amide bonds. The number of hydrogen-bond acceptors (Lipinski definition) is 3. The van der Waals surface area contributed by atoms with E-state index in [-0.39, 0.29) is 5.92 Å². The Morgan fingerprint density at radius 1 is 1.44 bits per heavy atom. The van der Waals surface area contributed by atoms with Crippen LogP contribution in [0.1, 0.15) is 26.2 Å². The van der Waals surface area contributed by atoms with Crippen molar-refractivity contribution in [1.82, 2.24) is 10.6 Å². The van der Waals surface area contributed by atoms with Crippen LogP contribution in [0.5, 0.6) is 0 Å². The molecular formula is C12H22N2O4. The van der Waals surface area contributed by atoms with Crippen LogP contribution in [0, 0.1) is 11.8 Å². The Morgan fingerprint density at radius 2 is 2.11 bits per heavy atom. The summed E-state index contributed by atoms with van der Waals surface area (Å²) in [6.07, 6.45) is 2.66. The third kappa shape index (κ3) is 5.86. The van der Waals surface area contributed by atoms with Crippen molar-refractivity contribution < 1.29 is 19.4 Å². The van der Waals surface area contributed by atoms with Crippen LogP contribution in [0.15, 0.2) is 0 Å². The number of nitrogens with one attached hydrogen (secondary N) is 2. The number of urea groups is 1. The standard InChI is InChI=1S/C12H22N2O4/c1-8(7-18-2)6-13-12(17)14-10(11(15)16)5-9-3-4-9/h8-10H,3-7H2,1-2H3,(H,15,16)(H2,13,14,17). The number of aliphatic carboxylic acids is 1. The number of rotatable bonds is 8. The van der Waals surface area contributed by atoms with E-state index in [0.717, 1.165) is 12.8 Å². The SMILES string of the molecule is COCC(C)CNC(=O)NC(CC1CC1)C(=O)O. The second-order valence-electron chi connectivity index (χ2n) is 4.98. The number of hydrogen-bond donors (Lipinski definition) is 3. The van der Waals surface area contributed by atoms with Gasteiger partial charge in [0.2, 0.25) is 0 Å². The summed E-state index contributed by atoms with van der Waals surface area (Å²) in [4.78, 5) is 22.5. The van der Waals surface area contributed by atoms with Crippen LogP contribution in [-0.4, -0.2) is 43.4 Å². The first kappa shape index (κ1) is 14.8. The van der Waals surface area contributed by atoms with Crippen molar-refractivity contribution >= 4 is 12.0 Å². The average Bonchev–Trinajstić information content (AvgIpc) is 3.09. The van der Waals surface area contributed by atoms with Gasteiger partial charge in [-0.05, 0) is 18.3 Å². The van der Waals surface area contributed by atoms with Gasteiger partial charge in [-0.3, -0.25) is 0 Å². The molecule has 6 heteroatoms. The molecule has 1 aliphatic carbocycles. The molecule has 0 aliphatic heterocycles. The first-order valence-corrected chi connectivity index (χ1v) is 6.29. The van der Waals surface area contributed by atoms with Gasteiger partial charge in [0.1, 0.15) is 6.04 Å². The smallest absolute Gasteiger partial charge is 0.326 e. The van der Waals surface area contributed by atoms with Crippen molar-refractivity contribution in [3.05, 3.63) is 0 Å². The lowest BCUT2D eigenvalue weighted by Crippen LogP contribution is -2.47. The van der Waals surface area contributed by atoms with Crippen LogP contribution >= 0.6 is 0 Å². The molecule has 1 fully saturated rings. The lowest BCUT2D eigenvalue weighted by Gasteiger charge is -2.16. The molecule has 6 nitrogen and oxygen atoms in total. The quantitative estimate of drug-likeness (QED) is 0.601. The third-order valence-electron chi connectivity index (χ3n) is 2.93. The Morgan fingerprint density at radius 3 is 2.61 bits per heavy atom. The maximum absolute atomic E-state index is 11.5. The second kappa shape index (κ2) is 7.20. The second-order valence-corrected chi connectivity index (χ2v) is 4.98. The summed E-state index contributed by atoms with van der Waals surface area (Å²) in [6, 6.07) is -1.21. The van der Waals surface area contributed by atoms with Gasteiger partial charge in [-0.15, -0.1) is 0 Å². The first-order valence-electron chi connectivity index (χ1n) is 6.29. The van der Waals surface area contributed by atoms with Crippen LogP contribution in [0.3, 0.4) is 0 Å². The minimum absolute atomic E-state index is 0.201. The molecule has 0 aromatic carbocycles. The van der Waals surface area contributed by atoms with Crippen molar-refractivity contribution in [2.45, 2.75) is 32.2 Å². The highest BCUT2D eigenvalue weighted by Gasteiger charge is 2.30. The summed E-state index contributed by atoms with van der Waals surface area (Å²) in [6.45, 7) is 2.98. The molecule has 1 saturated carbocycles. The van der Waals surface area contributed by atoms with E-state index >= 15 is 0 Å². The topological polar surface area (TPSA) is 87.7 Å². The number of carboxylic acid groups (broad SMARTS) is 1. The highest BCUT2D eigenvalue weighted by Crippen LogP contribution is 2.33. The Hall–Kier alpha value is -1.30. The first-order chi connectivity index (χ1) is 8.52. The summed E-state index contributed by atoms with van der Waals surface area (Å²) >= 11 is 0. The lowest BCUT2D eigenvalue weighted by atomic mass is 10.1. The lowest BCUT2D eigenvalue weighted by molar-refractivity contribution is -0.139. The summed E-state index contributed by atoms with van der Waals surface area (Å²) in [5, 5.41) is 14.1. The molecule has 0 bridgehead atoms. The molecule has 1 aliphatic rings. The molecule has 1 rings (SSSR count). The number of carbonyl (C=O) groups excluding carboxylic acids is 1. The van der Waals surface area contributed by atoms with Crippen LogP contribution in [-0.2, 0) is 9.53 Å². The van der Waals surface area contributed by atoms with Gasteiger partial charge in [0, 0.05) is 13.7 Å². The zero-order valence-electron chi connectivity index (χ0n) is 10.9. The van der Waals surface area contributed by atoms with Crippen molar-refractivity contribution in [1.29, 1.82) is 0 Å². The molecule has 18 heavy (non-hydrogen) atoms. The largest absolute Gasteiger partial charge is 0.480 e. The molecular weight excluding hydrogens is 236 g/mol. The summed E-state index contributed by atoms with van der Waals surface area (Å²) in [7, 11) is 1.60. The maximum Gasteiger partial charge on any atom is 0.326 e. The fourth-order valence-electron chi connectivity index (χ4n) is 1.73. The van der Waals surface area contributed by atoms with Gasteiger partial charge in [0.15, 0.2) is 0 Å². The molecule has 0 radical (unpaired) electrons. The van der Waals surface area contributed by atoms with Gasteiger partial charge in [-0.25, -0.2) is 9.59 Å². The van der Waals surface area contributed by atoms with Crippen molar-refractivity contribution in [3.63, 3.8) is 0 Å². The summed E-state index contributed by atoms with van der Waals surface area (Å²) < 4.78 is 4.95. The van der Waals surface area contributed by atoms with E-state index < -0.39 is 18.0 Å². The van der Waals surface area contributed by atoms with Gasteiger partial charge in [-0.1, -0.05) is 19.8 Å². The van der Waals surface area contributed by atoms with Crippen LogP contribution < -0.4 is 10.6 Å². The Bertz CT molecular complexity index is 292. The normalized spacial score (nSPS) is 17.9. The monoisotopic (exact) mass is 258 g/mol. The molecule has 0 saturated heterocycles. The van der Waals surface area contributed by atoms with Crippen molar-refractivity contribution in [2.24, 2.45) is 11.8 Å². The van der Waals surface area contributed by atoms with E-state index in [2.05, 4.69) is 10.6 Å². The molecule has 2 unspecified atom stereocenters. The average molecular weight is 258 g/mol. The Balaban J connectivity index is 2.25. The molecule has 3 N–H and O–H groups in total. The minimum Gasteiger partial charge on any atom is -0.480 e. The van der Waals surface area contributed by atoms with E-state index in [4.69, 9.17) is 9.84 Å². The number of methoxy groups -OCH3 is 1. The summed E-state index contributed by atoms with van der Waals surface area (Å²) in [5.41, 5.74) is 0. The Labute approximate surface area is 107 Å². The molecule has 104 valence electrons. The van der Waals surface area contributed by atoms with E-state index in [9.17, 15) is 9.59 Å². The van der Waals surface area contributed by atoms with Crippen molar-refractivity contribution in [3.8, 4) is 0 Å². The third-order valence-corrected chi connectivity index (χ3v) is 2.93. The Kier molecular flexibility index (Phi) is 5.91. The highest BCUT2D eigenvalue weighted by atomic mass is 16.5. The van der Waals surface area contributed by atoms with Gasteiger partial charge < -0.3 is 20.5 Å². The molecule has 2 atom stereocenters. The molecule has 0 aromatic rings. The number of ether oxygens (including phenoxy) is 1. The fourth-order valence-corrected chi connectivity index (χ4v) is 1.73. The minimum atomic E-state index is -0.970. The van der Waals surface area contributed by atoms with Crippen molar-refractivity contribution in [2.75, 3.05) is 20.3 Å². The number of carboxylic acids is 1. The van der Waals surface area contributed by atoms with Gasteiger partial charge >= 0.3 is 12.0 Å². The molecule has 0 spiro atoms. The van der Waals surface area contributed by atoms with Crippen LogP contribution in [0.2, 0.25) is 0 Å². The predicted octanol–water partition coefficient (Wildman–Crippen LogP) is 0.821. The zero-order chi connectivity index (χ0) is 13.5. The van der Waals surface area contributed by atoms with E-state index in [0.29, 0.717) is 25.5 Å². The van der Waals surface area contributed by atoms with E-state index in [1.54, 1.807) is 7.11 Å². The maximum atomic E-state index is 11.5. The summed E-state index contributed by atoms with van der Waals surface area (Å²) in [5.74, 6) is -0.312. The molecule has 0 aromatic heterocycles. The van der Waals surface area contributed by atoms with E-state index in [1.165, 1.54) is 0 Å². The van der Waals surface area contributed by atoms with E-state index in [1.807, 2.05) is 6.92 Å².